The normalized spacial score (nSPS) is 18.2. The van der Waals surface area contributed by atoms with E-state index in [2.05, 4.69) is 0 Å². The van der Waals surface area contributed by atoms with Gasteiger partial charge in [0.15, 0.2) is 5.78 Å². The third-order valence-electron chi connectivity index (χ3n) is 4.19. The number of nitrogens with zero attached hydrogens (tertiary/aromatic N) is 1. The fourth-order valence-corrected chi connectivity index (χ4v) is 3.18. The minimum atomic E-state index is -4.62. The lowest BCUT2D eigenvalue weighted by atomic mass is 9.95. The van der Waals surface area contributed by atoms with Crippen molar-refractivity contribution in [2.24, 2.45) is 5.73 Å². The summed E-state index contributed by atoms with van der Waals surface area (Å²) in [5, 5.41) is -0.422. The van der Waals surface area contributed by atoms with Crippen molar-refractivity contribution in [2.45, 2.75) is 12.2 Å². The first kappa shape index (κ1) is 17.4. The van der Waals surface area contributed by atoms with Crippen LogP contribution in [0.25, 0.3) is 5.57 Å². The molecule has 0 radical (unpaired) electrons. The van der Waals surface area contributed by atoms with Crippen LogP contribution >= 0.6 is 11.6 Å². The van der Waals surface area contributed by atoms with Crippen LogP contribution in [0.3, 0.4) is 0 Å². The third-order valence-corrected chi connectivity index (χ3v) is 4.52. The maximum absolute atomic E-state index is 13.1. The van der Waals surface area contributed by atoms with Gasteiger partial charge in [-0.15, -0.1) is 0 Å². The van der Waals surface area contributed by atoms with Crippen molar-refractivity contribution in [3.63, 3.8) is 0 Å². The SMILES string of the molecule is CN1C(N)=C(c2ccc(Cl)c(C(F)(F)F)c2)C(=O)C1c1ccccc1. The second kappa shape index (κ2) is 6.11. The van der Waals surface area contributed by atoms with Gasteiger partial charge in [0.2, 0.25) is 0 Å². The van der Waals surface area contributed by atoms with Crippen LogP contribution in [-0.2, 0) is 11.0 Å². The predicted molar refractivity (Wildman–Crippen MR) is 89.5 cm³/mol. The van der Waals surface area contributed by atoms with E-state index in [0.717, 1.165) is 17.7 Å². The molecule has 7 heteroatoms. The maximum atomic E-state index is 13.1. The molecule has 1 atom stereocenters. The van der Waals surface area contributed by atoms with Crippen LogP contribution in [0.4, 0.5) is 13.2 Å². The standard InChI is InChI=1S/C18H14ClF3N2O/c1-24-15(10-5-3-2-4-6-10)16(25)14(17(24)23)11-7-8-13(19)12(9-11)18(20,21)22/h2-9,15H,23H2,1H3. The van der Waals surface area contributed by atoms with Crippen LogP contribution in [0.1, 0.15) is 22.7 Å². The fourth-order valence-electron chi connectivity index (χ4n) is 2.95. The molecule has 1 unspecified atom stereocenters. The Balaban J connectivity index is 2.08. The number of hydrogen-bond donors (Lipinski definition) is 1. The quantitative estimate of drug-likeness (QED) is 0.864. The number of ketones is 1. The summed E-state index contributed by atoms with van der Waals surface area (Å²) in [5.74, 6) is -0.212. The lowest BCUT2D eigenvalue weighted by Gasteiger charge is -2.21. The first-order valence-electron chi connectivity index (χ1n) is 7.40. The molecule has 1 heterocycles. The molecule has 2 aromatic rings. The zero-order valence-electron chi connectivity index (χ0n) is 13.1. The Labute approximate surface area is 147 Å². The van der Waals surface area contributed by atoms with Crippen LogP contribution in [0.5, 0.6) is 0 Å². The molecule has 3 nitrogen and oxygen atoms in total. The van der Waals surface area contributed by atoms with Gasteiger partial charge in [0.1, 0.15) is 11.9 Å². The Bertz CT molecular complexity index is 862. The number of hydrogen-bond acceptors (Lipinski definition) is 3. The molecule has 3 rings (SSSR count). The fraction of sp³-hybridized carbons (Fsp3) is 0.167. The molecule has 0 spiro atoms. The van der Waals surface area contributed by atoms with Crippen LogP contribution in [0.2, 0.25) is 5.02 Å². The average molecular weight is 367 g/mol. The third kappa shape index (κ3) is 2.98. The van der Waals surface area contributed by atoms with Gasteiger partial charge in [-0.3, -0.25) is 4.79 Å². The highest BCUT2D eigenvalue weighted by Gasteiger charge is 2.39. The van der Waals surface area contributed by atoms with E-state index in [-0.39, 0.29) is 22.7 Å². The molecule has 1 aliphatic heterocycles. The lowest BCUT2D eigenvalue weighted by Crippen LogP contribution is -2.25. The first-order valence-corrected chi connectivity index (χ1v) is 7.78. The number of likely N-dealkylation sites (N-methyl/N-ethyl adjacent to an activating group) is 1. The molecule has 0 bridgehead atoms. The summed E-state index contributed by atoms with van der Waals surface area (Å²) in [6, 6.07) is 11.6. The van der Waals surface area contributed by atoms with Crippen molar-refractivity contribution >= 4 is 23.0 Å². The van der Waals surface area contributed by atoms with E-state index in [0.29, 0.717) is 0 Å². The Hall–Kier alpha value is -2.47. The molecule has 1 aliphatic rings. The van der Waals surface area contributed by atoms with Crippen LogP contribution in [0.15, 0.2) is 54.4 Å². The van der Waals surface area contributed by atoms with Gasteiger partial charge in [0.05, 0.1) is 16.2 Å². The lowest BCUT2D eigenvalue weighted by molar-refractivity contribution is -0.137. The Morgan fingerprint density at radius 1 is 1.12 bits per heavy atom. The topological polar surface area (TPSA) is 46.3 Å². The Morgan fingerprint density at radius 2 is 1.76 bits per heavy atom. The van der Waals surface area contributed by atoms with Gasteiger partial charge < -0.3 is 10.6 Å². The van der Waals surface area contributed by atoms with E-state index in [4.69, 9.17) is 17.3 Å². The summed E-state index contributed by atoms with van der Waals surface area (Å²) in [6.45, 7) is 0. The van der Waals surface area contributed by atoms with E-state index >= 15 is 0 Å². The van der Waals surface area contributed by atoms with E-state index in [1.165, 1.54) is 6.07 Å². The van der Waals surface area contributed by atoms with Gasteiger partial charge in [-0.25, -0.2) is 0 Å². The van der Waals surface area contributed by atoms with Gasteiger partial charge in [0, 0.05) is 7.05 Å². The second-order valence-electron chi connectivity index (χ2n) is 5.74. The first-order chi connectivity index (χ1) is 11.7. The minimum Gasteiger partial charge on any atom is -0.385 e. The monoisotopic (exact) mass is 366 g/mol. The van der Waals surface area contributed by atoms with Gasteiger partial charge >= 0.3 is 6.18 Å². The Kier molecular flexibility index (Phi) is 4.24. The molecular formula is C18H14ClF3N2O. The second-order valence-corrected chi connectivity index (χ2v) is 6.15. The van der Waals surface area contributed by atoms with Gasteiger partial charge in [-0.2, -0.15) is 13.2 Å². The molecule has 2 N–H and O–H groups in total. The summed E-state index contributed by atoms with van der Waals surface area (Å²) in [6.07, 6.45) is -4.62. The maximum Gasteiger partial charge on any atom is 0.417 e. The highest BCUT2D eigenvalue weighted by molar-refractivity contribution is 6.32. The highest BCUT2D eigenvalue weighted by Crippen LogP contribution is 2.41. The van der Waals surface area contributed by atoms with Gasteiger partial charge in [-0.1, -0.05) is 48.0 Å². The van der Waals surface area contributed by atoms with Crippen LogP contribution in [0, 0.1) is 0 Å². The Morgan fingerprint density at radius 3 is 2.36 bits per heavy atom. The van der Waals surface area contributed by atoms with Crippen molar-refractivity contribution in [3.05, 3.63) is 76.1 Å². The zero-order valence-corrected chi connectivity index (χ0v) is 13.9. The number of alkyl halides is 3. The van der Waals surface area contributed by atoms with Gasteiger partial charge in [-0.05, 0) is 23.3 Å². The number of carbonyl (C=O) groups is 1. The van der Waals surface area contributed by atoms with E-state index in [1.54, 1.807) is 36.2 Å². The van der Waals surface area contributed by atoms with Crippen LogP contribution in [-0.4, -0.2) is 17.7 Å². The number of carbonyl (C=O) groups excluding carboxylic acids is 1. The predicted octanol–water partition coefficient (Wildman–Crippen LogP) is 4.24. The van der Waals surface area contributed by atoms with Crippen molar-refractivity contribution in [2.75, 3.05) is 7.05 Å². The number of nitrogens with two attached hydrogens (primary N) is 1. The largest absolute Gasteiger partial charge is 0.417 e. The van der Waals surface area contributed by atoms with Crippen molar-refractivity contribution < 1.29 is 18.0 Å². The zero-order chi connectivity index (χ0) is 18.4. The number of rotatable bonds is 2. The molecule has 0 amide bonds. The van der Waals surface area contributed by atoms with Crippen molar-refractivity contribution in [1.82, 2.24) is 4.90 Å². The molecular weight excluding hydrogens is 353 g/mol. The molecule has 0 aromatic heterocycles. The number of Topliss-reactive ketones (excluding diaryl/α,β-unsaturated/α-hetero) is 1. The summed E-state index contributed by atoms with van der Waals surface area (Å²) in [7, 11) is 1.64. The number of halogens is 4. The summed E-state index contributed by atoms with van der Waals surface area (Å²) >= 11 is 5.65. The number of benzene rings is 2. The molecule has 0 aliphatic carbocycles. The van der Waals surface area contributed by atoms with E-state index in [9.17, 15) is 18.0 Å². The van der Waals surface area contributed by atoms with E-state index in [1.807, 2.05) is 6.07 Å². The van der Waals surface area contributed by atoms with Crippen molar-refractivity contribution in [3.8, 4) is 0 Å². The van der Waals surface area contributed by atoms with Gasteiger partial charge in [0.25, 0.3) is 0 Å². The summed E-state index contributed by atoms with van der Waals surface area (Å²) < 4.78 is 39.3. The summed E-state index contributed by atoms with van der Waals surface area (Å²) in [4.78, 5) is 14.4. The molecule has 130 valence electrons. The summed E-state index contributed by atoms with van der Waals surface area (Å²) in [5.41, 5.74) is 5.94. The van der Waals surface area contributed by atoms with E-state index < -0.39 is 22.8 Å². The molecule has 0 fully saturated rings. The van der Waals surface area contributed by atoms with Crippen LogP contribution < -0.4 is 5.73 Å². The minimum absolute atomic E-state index is 0.0681. The molecule has 0 saturated carbocycles. The average Bonchev–Trinajstić information content (AvgIpc) is 2.78. The highest BCUT2D eigenvalue weighted by atomic mass is 35.5. The molecule has 2 aromatic carbocycles. The molecule has 25 heavy (non-hydrogen) atoms. The van der Waals surface area contributed by atoms with Crippen molar-refractivity contribution in [1.29, 1.82) is 0 Å². The molecule has 0 saturated heterocycles. The smallest absolute Gasteiger partial charge is 0.385 e.